The van der Waals surface area contributed by atoms with Gasteiger partial charge in [-0.25, -0.2) is 0 Å². The van der Waals surface area contributed by atoms with E-state index in [0.717, 1.165) is 19.4 Å². The van der Waals surface area contributed by atoms with Gasteiger partial charge in [0.2, 0.25) is 0 Å². The van der Waals surface area contributed by atoms with Gasteiger partial charge in [-0.2, -0.15) is 0 Å². The first-order chi connectivity index (χ1) is 5.99. The van der Waals surface area contributed by atoms with E-state index in [9.17, 15) is 0 Å². The fourth-order valence-corrected chi connectivity index (χ4v) is 1.81. The van der Waals surface area contributed by atoms with Crippen molar-refractivity contribution in [3.63, 3.8) is 0 Å². The first-order valence-corrected chi connectivity index (χ1v) is 8.27. The van der Waals surface area contributed by atoms with Crippen LogP contribution in [0.1, 0.15) is 19.3 Å². The maximum atomic E-state index is 7.68. The lowest BCUT2D eigenvalue weighted by molar-refractivity contribution is 0.464. The van der Waals surface area contributed by atoms with E-state index in [1.807, 2.05) is 0 Å². The molecule has 0 spiro atoms. The van der Waals surface area contributed by atoms with Crippen molar-refractivity contribution in [2.75, 3.05) is 6.54 Å². The van der Waals surface area contributed by atoms with Crippen molar-refractivity contribution in [1.82, 2.24) is 5.31 Å². The van der Waals surface area contributed by atoms with Gasteiger partial charge in [-0.3, -0.25) is 0 Å². The van der Waals surface area contributed by atoms with Gasteiger partial charge in [-0.05, 0) is 25.8 Å². The third-order valence-corrected chi connectivity index (χ3v) is 2.74. The van der Waals surface area contributed by atoms with Crippen molar-refractivity contribution in [2.45, 2.75) is 44.9 Å². The fourth-order valence-electron chi connectivity index (χ4n) is 1.21. The van der Waals surface area contributed by atoms with Crippen molar-refractivity contribution in [2.24, 2.45) is 0 Å². The molecule has 1 saturated heterocycles. The van der Waals surface area contributed by atoms with Crippen LogP contribution in [0.4, 0.5) is 0 Å². The standard InChI is InChI=1S/C10H19NSi/c1-12(2,3)9-7-10-6-4-5-8-11-10/h10-11H,4-6,8H2,1-3H3/i/hD. The molecule has 1 aliphatic rings. The maximum Gasteiger partial charge on any atom is 0.129 e. The second-order valence-electron chi connectivity index (χ2n) is 4.44. The summed E-state index contributed by atoms with van der Waals surface area (Å²) in [6.07, 6.45) is 3.48. The zero-order valence-electron chi connectivity index (χ0n) is 9.35. The molecule has 0 aliphatic carbocycles. The summed E-state index contributed by atoms with van der Waals surface area (Å²) in [5, 5.41) is 1.65. The topological polar surface area (TPSA) is 12.0 Å². The van der Waals surface area contributed by atoms with Crippen molar-refractivity contribution < 1.29 is 1.41 Å². The predicted octanol–water partition coefficient (Wildman–Crippen LogP) is 2.01. The van der Waals surface area contributed by atoms with Crippen LogP contribution in [0.2, 0.25) is 21.1 Å². The molecule has 0 saturated carbocycles. The van der Waals surface area contributed by atoms with Gasteiger partial charge in [0.1, 0.15) is 9.49 Å². The molecule has 1 nitrogen and oxygen atoms in total. The van der Waals surface area contributed by atoms with Gasteiger partial charge in [0.15, 0.2) is 0 Å². The molecular formula is C10H19NSi. The molecule has 1 heterocycles. The molecule has 0 amide bonds. The Bertz CT molecular complexity index is 223. The highest BCUT2D eigenvalue weighted by Gasteiger charge is 2.11. The van der Waals surface area contributed by atoms with Gasteiger partial charge < -0.3 is 5.31 Å². The number of rotatable bonds is 0. The second kappa shape index (κ2) is 4.11. The highest BCUT2D eigenvalue weighted by molar-refractivity contribution is 6.83. The first kappa shape index (κ1) is 8.34. The van der Waals surface area contributed by atoms with E-state index < -0.39 is 8.07 Å². The second-order valence-corrected chi connectivity index (χ2v) is 9.19. The van der Waals surface area contributed by atoms with Gasteiger partial charge in [0, 0.05) is 0 Å². The molecule has 1 atom stereocenters. The molecule has 1 unspecified atom stereocenters. The van der Waals surface area contributed by atoms with E-state index in [0.29, 0.717) is 0 Å². The summed E-state index contributed by atoms with van der Waals surface area (Å²) in [4.78, 5) is 0. The zero-order chi connectivity index (χ0) is 9.90. The van der Waals surface area contributed by atoms with Crippen LogP contribution in [0.3, 0.4) is 0 Å². The van der Waals surface area contributed by atoms with Crippen LogP contribution in [-0.2, 0) is 0 Å². The van der Waals surface area contributed by atoms with Crippen LogP contribution in [-0.4, -0.2) is 20.7 Å². The van der Waals surface area contributed by atoms with Crippen molar-refractivity contribution in [1.29, 1.82) is 0 Å². The minimum atomic E-state index is -1.24. The summed E-state index contributed by atoms with van der Waals surface area (Å²) in [6.45, 7) is 7.64. The molecule has 2 heteroatoms. The van der Waals surface area contributed by atoms with Crippen molar-refractivity contribution in [3.05, 3.63) is 0 Å². The molecular weight excluding hydrogens is 162 g/mol. The average molecular weight is 182 g/mol. The van der Waals surface area contributed by atoms with E-state index in [1.54, 1.807) is 5.31 Å². The number of hydrogen-bond acceptors (Lipinski definition) is 1. The zero-order valence-corrected chi connectivity index (χ0v) is 9.35. The quantitative estimate of drug-likeness (QED) is 0.446. The Kier molecular flexibility index (Phi) is 2.86. The van der Waals surface area contributed by atoms with Crippen LogP contribution in [0.25, 0.3) is 0 Å². The monoisotopic (exact) mass is 182 g/mol. The third kappa shape index (κ3) is 3.94. The molecule has 1 aliphatic heterocycles. The summed E-state index contributed by atoms with van der Waals surface area (Å²) in [5.74, 6) is 3.26. The van der Waals surface area contributed by atoms with Gasteiger partial charge in [0.05, 0.1) is 6.04 Å². The summed E-state index contributed by atoms with van der Waals surface area (Å²) in [5.41, 5.74) is 3.35. The first-order valence-electron chi connectivity index (χ1n) is 5.22. The molecule has 1 rings (SSSR count). The predicted molar refractivity (Wildman–Crippen MR) is 56.8 cm³/mol. The molecule has 0 aromatic rings. The van der Waals surface area contributed by atoms with Crippen LogP contribution in [0.5, 0.6) is 0 Å². The third-order valence-electron chi connectivity index (χ3n) is 1.85. The normalized spacial score (nSPS) is 27.2. The minimum Gasteiger partial charge on any atom is -0.304 e. The molecule has 0 radical (unpaired) electrons. The van der Waals surface area contributed by atoms with Gasteiger partial charge in [-0.1, -0.05) is 25.6 Å². The largest absolute Gasteiger partial charge is 0.304 e. The van der Waals surface area contributed by atoms with Crippen LogP contribution < -0.4 is 5.31 Å². The summed E-state index contributed by atoms with van der Waals surface area (Å²) in [7, 11) is -1.24. The van der Waals surface area contributed by atoms with Crippen molar-refractivity contribution >= 4 is 8.07 Å². The number of hydrogen-bond donors (Lipinski definition) is 1. The summed E-state index contributed by atoms with van der Waals surface area (Å²) >= 11 is 0. The molecule has 1 fully saturated rings. The number of piperidine rings is 1. The van der Waals surface area contributed by atoms with E-state index in [1.165, 1.54) is 6.42 Å². The summed E-state index contributed by atoms with van der Waals surface area (Å²) < 4.78 is 7.68. The number of nitrogens with one attached hydrogen (secondary N) is 1. The highest BCUT2D eigenvalue weighted by Crippen LogP contribution is 2.06. The SMILES string of the molecule is [2H]N1CCCCC1C#C[Si](C)(C)C. The van der Waals surface area contributed by atoms with Crippen molar-refractivity contribution in [3.8, 4) is 11.5 Å². The maximum absolute atomic E-state index is 7.68. The van der Waals surface area contributed by atoms with E-state index >= 15 is 0 Å². The van der Waals surface area contributed by atoms with E-state index in [2.05, 4.69) is 31.1 Å². The molecule has 0 aromatic carbocycles. The molecule has 68 valence electrons. The Morgan fingerprint density at radius 1 is 1.42 bits per heavy atom. The Morgan fingerprint density at radius 2 is 2.17 bits per heavy atom. The Balaban J connectivity index is 2.54. The molecule has 0 bridgehead atoms. The Morgan fingerprint density at radius 3 is 2.75 bits per heavy atom. The van der Waals surface area contributed by atoms with Crippen LogP contribution >= 0.6 is 0 Å². The van der Waals surface area contributed by atoms with Crippen LogP contribution in [0.15, 0.2) is 0 Å². The Labute approximate surface area is 78.4 Å². The lowest BCUT2D eigenvalue weighted by Gasteiger charge is -2.18. The van der Waals surface area contributed by atoms with E-state index in [4.69, 9.17) is 1.41 Å². The van der Waals surface area contributed by atoms with E-state index in [-0.39, 0.29) is 6.04 Å². The highest BCUT2D eigenvalue weighted by atomic mass is 28.3. The van der Waals surface area contributed by atoms with Gasteiger partial charge in [-0.15, -0.1) is 5.54 Å². The lowest BCUT2D eigenvalue weighted by Crippen LogP contribution is -2.33. The molecule has 12 heavy (non-hydrogen) atoms. The molecule has 1 N–H and O–H groups in total. The molecule has 0 aromatic heterocycles. The minimum absolute atomic E-state index is 0.209. The fraction of sp³-hybridized carbons (Fsp3) is 0.800. The summed E-state index contributed by atoms with van der Waals surface area (Å²) in [6, 6.07) is 0.209. The Hall–Kier alpha value is -0.263. The smallest absolute Gasteiger partial charge is 0.129 e. The van der Waals surface area contributed by atoms with Gasteiger partial charge in [0.25, 0.3) is 0 Å². The lowest BCUT2D eigenvalue weighted by atomic mass is 10.1. The van der Waals surface area contributed by atoms with Gasteiger partial charge >= 0.3 is 0 Å². The average Bonchev–Trinajstić information content (AvgIpc) is 2.01. The van der Waals surface area contributed by atoms with Crippen LogP contribution in [0, 0.1) is 11.5 Å².